The fraction of sp³-hybridized carbons (Fsp3) is 0. The van der Waals surface area contributed by atoms with Crippen molar-refractivity contribution >= 4 is 16.7 Å². The highest BCUT2D eigenvalue weighted by Gasteiger charge is 2.15. The Bertz CT molecular complexity index is 1070. The molecule has 0 atom stereocenters. The smallest absolute Gasteiger partial charge is 0.269 e. The first-order valence-corrected chi connectivity index (χ1v) is 7.65. The molecule has 0 unspecified atom stereocenters. The number of aromatic nitrogens is 2. The van der Waals surface area contributed by atoms with Gasteiger partial charge in [-0.2, -0.15) is 0 Å². The highest BCUT2D eigenvalue weighted by molar-refractivity contribution is 5.83. The van der Waals surface area contributed by atoms with E-state index in [0.717, 1.165) is 22.3 Å². The predicted octanol–water partition coefficient (Wildman–Crippen LogP) is 4.31. The van der Waals surface area contributed by atoms with Gasteiger partial charge in [0.15, 0.2) is 0 Å². The highest BCUT2D eigenvalue weighted by Crippen LogP contribution is 2.30. The van der Waals surface area contributed by atoms with Crippen molar-refractivity contribution in [2.24, 2.45) is 0 Å². The topological polar surface area (TPSA) is 81.2 Å². The van der Waals surface area contributed by atoms with E-state index < -0.39 is 4.92 Å². The van der Waals surface area contributed by atoms with E-state index in [9.17, 15) is 15.2 Å². The first-order chi connectivity index (χ1) is 12.1. The summed E-state index contributed by atoms with van der Waals surface area (Å²) in [6, 6.07) is 20.9. The van der Waals surface area contributed by atoms with Crippen molar-refractivity contribution in [3.8, 4) is 22.8 Å². The van der Waals surface area contributed by atoms with Crippen molar-refractivity contribution in [2.75, 3.05) is 0 Å². The van der Waals surface area contributed by atoms with Crippen LogP contribution in [0.3, 0.4) is 0 Å². The number of benzene rings is 3. The number of phenols is 1. The first kappa shape index (κ1) is 14.9. The lowest BCUT2D eigenvalue weighted by molar-refractivity contribution is -0.384. The third-order valence-electron chi connectivity index (χ3n) is 4.01. The summed E-state index contributed by atoms with van der Waals surface area (Å²) in [5, 5.41) is 20.4. The highest BCUT2D eigenvalue weighted by atomic mass is 16.6. The van der Waals surface area contributed by atoms with Crippen LogP contribution in [0.5, 0.6) is 5.75 Å². The monoisotopic (exact) mass is 331 g/mol. The molecule has 25 heavy (non-hydrogen) atoms. The average molecular weight is 331 g/mol. The van der Waals surface area contributed by atoms with Crippen LogP contribution in [0.15, 0.2) is 72.8 Å². The molecule has 3 aromatic carbocycles. The van der Waals surface area contributed by atoms with E-state index in [1.165, 1.54) is 12.1 Å². The molecule has 0 bridgehead atoms. The molecule has 0 fully saturated rings. The predicted molar refractivity (Wildman–Crippen MR) is 94.8 cm³/mol. The zero-order chi connectivity index (χ0) is 17.4. The molecule has 122 valence electrons. The molecule has 0 amide bonds. The summed E-state index contributed by atoms with van der Waals surface area (Å²) in [5.41, 5.74) is 3.40. The van der Waals surface area contributed by atoms with Gasteiger partial charge in [-0.3, -0.25) is 14.7 Å². The minimum Gasteiger partial charge on any atom is -0.508 e. The van der Waals surface area contributed by atoms with E-state index in [1.54, 1.807) is 36.4 Å². The first-order valence-electron chi connectivity index (χ1n) is 7.65. The Balaban J connectivity index is 1.95. The van der Waals surface area contributed by atoms with Crippen molar-refractivity contribution in [3.05, 3.63) is 82.9 Å². The molecular formula is C19H13N3O3. The Labute approximate surface area is 142 Å². The van der Waals surface area contributed by atoms with Crippen LogP contribution >= 0.6 is 0 Å². The van der Waals surface area contributed by atoms with Gasteiger partial charge in [0.1, 0.15) is 11.6 Å². The van der Waals surface area contributed by atoms with Gasteiger partial charge >= 0.3 is 0 Å². The maximum absolute atomic E-state index is 10.9. The van der Waals surface area contributed by atoms with Crippen molar-refractivity contribution in [1.82, 2.24) is 9.55 Å². The zero-order valence-corrected chi connectivity index (χ0v) is 13.0. The van der Waals surface area contributed by atoms with Gasteiger partial charge in [0.25, 0.3) is 5.69 Å². The van der Waals surface area contributed by atoms with Gasteiger partial charge in [0.2, 0.25) is 0 Å². The van der Waals surface area contributed by atoms with Crippen molar-refractivity contribution < 1.29 is 10.0 Å². The van der Waals surface area contributed by atoms with E-state index in [0.29, 0.717) is 5.82 Å². The summed E-state index contributed by atoms with van der Waals surface area (Å²) in [6.45, 7) is 0. The minimum absolute atomic E-state index is 0.0380. The minimum atomic E-state index is -0.424. The number of fused-ring (bicyclic) bond motifs is 1. The summed E-state index contributed by atoms with van der Waals surface area (Å²) < 4.78 is 1.97. The summed E-state index contributed by atoms with van der Waals surface area (Å²) in [6.07, 6.45) is 0. The Morgan fingerprint density at radius 2 is 1.60 bits per heavy atom. The molecular weight excluding hydrogens is 318 g/mol. The number of hydrogen-bond donors (Lipinski definition) is 1. The Morgan fingerprint density at radius 3 is 2.28 bits per heavy atom. The number of nitro groups is 1. The standard InChI is InChI=1S/C19H13N3O3/c23-16-11-9-14(10-12-16)21-18-4-2-1-3-17(18)20-19(21)13-5-7-15(8-6-13)22(24)25/h1-12,23H. The van der Waals surface area contributed by atoms with Crippen molar-refractivity contribution in [1.29, 1.82) is 0 Å². The fourth-order valence-electron chi connectivity index (χ4n) is 2.81. The molecule has 1 heterocycles. The normalized spacial score (nSPS) is 10.9. The third-order valence-corrected chi connectivity index (χ3v) is 4.01. The number of nitro benzene ring substituents is 1. The fourth-order valence-corrected chi connectivity index (χ4v) is 2.81. The van der Waals surface area contributed by atoms with Crippen LogP contribution in [0.4, 0.5) is 5.69 Å². The average Bonchev–Trinajstić information content (AvgIpc) is 3.02. The lowest BCUT2D eigenvalue weighted by atomic mass is 10.2. The van der Waals surface area contributed by atoms with Crippen LogP contribution in [-0.2, 0) is 0 Å². The Kier molecular flexibility index (Phi) is 3.43. The van der Waals surface area contributed by atoms with Crippen molar-refractivity contribution in [2.45, 2.75) is 0 Å². The van der Waals surface area contributed by atoms with Gasteiger partial charge in [-0.05, 0) is 48.5 Å². The van der Waals surface area contributed by atoms with E-state index in [2.05, 4.69) is 4.98 Å². The number of hydrogen-bond acceptors (Lipinski definition) is 4. The molecule has 6 nitrogen and oxygen atoms in total. The van der Waals surface area contributed by atoms with Crippen molar-refractivity contribution in [3.63, 3.8) is 0 Å². The Hall–Kier alpha value is -3.67. The van der Waals surface area contributed by atoms with Gasteiger partial charge < -0.3 is 5.11 Å². The van der Waals surface area contributed by atoms with Gasteiger partial charge in [-0.1, -0.05) is 12.1 Å². The van der Waals surface area contributed by atoms with Gasteiger partial charge in [0, 0.05) is 23.4 Å². The molecule has 1 N–H and O–H groups in total. The molecule has 0 saturated carbocycles. The number of non-ortho nitro benzene ring substituents is 1. The number of rotatable bonds is 3. The van der Waals surface area contributed by atoms with E-state index in [4.69, 9.17) is 0 Å². The number of imidazole rings is 1. The molecule has 4 rings (SSSR count). The molecule has 6 heteroatoms. The molecule has 0 radical (unpaired) electrons. The lowest BCUT2D eigenvalue weighted by Gasteiger charge is -2.09. The van der Waals surface area contributed by atoms with Crippen LogP contribution in [0.25, 0.3) is 28.1 Å². The second kappa shape index (κ2) is 5.76. The molecule has 1 aromatic heterocycles. The molecule has 0 aliphatic heterocycles. The van der Waals surface area contributed by atoms with Crippen LogP contribution < -0.4 is 0 Å². The van der Waals surface area contributed by atoms with E-state index in [1.807, 2.05) is 28.8 Å². The molecule has 4 aromatic rings. The quantitative estimate of drug-likeness (QED) is 0.448. The van der Waals surface area contributed by atoms with E-state index in [-0.39, 0.29) is 11.4 Å². The second-order valence-corrected chi connectivity index (χ2v) is 5.58. The number of para-hydroxylation sites is 2. The SMILES string of the molecule is O=[N+]([O-])c1ccc(-c2nc3ccccc3n2-c2ccc(O)cc2)cc1. The van der Waals surface area contributed by atoms with E-state index >= 15 is 0 Å². The van der Waals surface area contributed by atoms with Crippen LogP contribution in [0.1, 0.15) is 0 Å². The number of phenolic OH excluding ortho intramolecular Hbond substituents is 1. The number of aromatic hydroxyl groups is 1. The third kappa shape index (κ3) is 2.59. The summed E-state index contributed by atoms with van der Waals surface area (Å²) in [7, 11) is 0. The molecule has 0 aliphatic carbocycles. The number of nitrogens with zero attached hydrogens (tertiary/aromatic N) is 3. The van der Waals surface area contributed by atoms with Gasteiger partial charge in [-0.25, -0.2) is 4.98 Å². The zero-order valence-electron chi connectivity index (χ0n) is 13.0. The summed E-state index contributed by atoms with van der Waals surface area (Å²) in [5.74, 6) is 0.867. The van der Waals surface area contributed by atoms with Crippen LogP contribution in [0, 0.1) is 10.1 Å². The lowest BCUT2D eigenvalue weighted by Crippen LogP contribution is -1.97. The Morgan fingerprint density at radius 1 is 0.920 bits per heavy atom. The molecule has 0 saturated heterocycles. The summed E-state index contributed by atoms with van der Waals surface area (Å²) >= 11 is 0. The summed E-state index contributed by atoms with van der Waals surface area (Å²) in [4.78, 5) is 15.1. The molecule has 0 spiro atoms. The largest absolute Gasteiger partial charge is 0.508 e. The second-order valence-electron chi connectivity index (χ2n) is 5.58. The maximum atomic E-state index is 10.9. The van der Waals surface area contributed by atoms with Crippen LogP contribution in [0.2, 0.25) is 0 Å². The van der Waals surface area contributed by atoms with Crippen LogP contribution in [-0.4, -0.2) is 19.6 Å². The van der Waals surface area contributed by atoms with Gasteiger partial charge in [0.05, 0.1) is 16.0 Å². The maximum Gasteiger partial charge on any atom is 0.269 e. The van der Waals surface area contributed by atoms with Gasteiger partial charge in [-0.15, -0.1) is 0 Å². The molecule has 0 aliphatic rings.